The van der Waals surface area contributed by atoms with Crippen LogP contribution in [0.1, 0.15) is 18.4 Å². The Morgan fingerprint density at radius 3 is 2.89 bits per heavy atom. The van der Waals surface area contributed by atoms with Crippen LogP contribution in [0.15, 0.2) is 18.2 Å². The number of carbonyl (C=O) groups excluding carboxylic acids is 2. The van der Waals surface area contributed by atoms with Gasteiger partial charge in [-0.3, -0.25) is 9.59 Å². The smallest absolute Gasteiger partial charge is 0.267 e. The molecule has 0 spiro atoms. The van der Waals surface area contributed by atoms with Gasteiger partial charge in [0, 0.05) is 26.9 Å². The summed E-state index contributed by atoms with van der Waals surface area (Å²) in [6.45, 7) is 1.97. The van der Waals surface area contributed by atoms with Crippen LogP contribution in [0.2, 0.25) is 0 Å². The molecule has 1 heterocycles. The summed E-state index contributed by atoms with van der Waals surface area (Å²) in [4.78, 5) is 25.0. The molecule has 0 aromatic heterocycles. The molecule has 0 saturated carbocycles. The Morgan fingerprint density at radius 1 is 1.47 bits per heavy atom. The quantitative estimate of drug-likeness (QED) is 0.891. The summed E-state index contributed by atoms with van der Waals surface area (Å²) < 4.78 is 5.72. The SMILES string of the molecule is CNC(=O)CCC1Oc2cc(C)ccc2N(C)C1=O. The van der Waals surface area contributed by atoms with Crippen LogP contribution in [-0.4, -0.2) is 32.0 Å². The van der Waals surface area contributed by atoms with Gasteiger partial charge in [0.05, 0.1) is 5.69 Å². The van der Waals surface area contributed by atoms with Gasteiger partial charge in [-0.1, -0.05) is 6.07 Å². The van der Waals surface area contributed by atoms with Gasteiger partial charge >= 0.3 is 0 Å². The lowest BCUT2D eigenvalue weighted by atomic mass is 10.1. The molecule has 0 radical (unpaired) electrons. The van der Waals surface area contributed by atoms with E-state index in [1.54, 1.807) is 19.0 Å². The lowest BCUT2D eigenvalue weighted by Gasteiger charge is -2.32. The van der Waals surface area contributed by atoms with E-state index in [4.69, 9.17) is 4.74 Å². The summed E-state index contributed by atoms with van der Waals surface area (Å²) in [5.41, 5.74) is 1.85. The Labute approximate surface area is 112 Å². The van der Waals surface area contributed by atoms with Crippen LogP contribution < -0.4 is 15.0 Å². The second-order valence-electron chi connectivity index (χ2n) is 4.69. The fraction of sp³-hybridized carbons (Fsp3) is 0.429. The van der Waals surface area contributed by atoms with E-state index in [0.29, 0.717) is 12.2 Å². The van der Waals surface area contributed by atoms with Crippen LogP contribution in [0.4, 0.5) is 5.69 Å². The number of nitrogens with zero attached hydrogens (tertiary/aromatic N) is 1. The van der Waals surface area contributed by atoms with Crippen molar-refractivity contribution in [2.45, 2.75) is 25.9 Å². The minimum absolute atomic E-state index is 0.0888. The molecular weight excluding hydrogens is 244 g/mol. The Morgan fingerprint density at radius 2 is 2.21 bits per heavy atom. The first-order valence-electron chi connectivity index (χ1n) is 6.28. The molecule has 5 heteroatoms. The van der Waals surface area contributed by atoms with Crippen molar-refractivity contribution in [3.63, 3.8) is 0 Å². The van der Waals surface area contributed by atoms with Crippen LogP contribution in [0.25, 0.3) is 0 Å². The molecule has 1 aliphatic heterocycles. The summed E-state index contributed by atoms with van der Waals surface area (Å²) in [6.07, 6.45) is 0.0783. The van der Waals surface area contributed by atoms with Gasteiger partial charge in [-0.25, -0.2) is 0 Å². The van der Waals surface area contributed by atoms with Crippen LogP contribution in [0.3, 0.4) is 0 Å². The maximum atomic E-state index is 12.1. The number of nitrogens with one attached hydrogen (secondary N) is 1. The molecule has 1 unspecified atom stereocenters. The van der Waals surface area contributed by atoms with Crippen LogP contribution >= 0.6 is 0 Å². The number of fused-ring (bicyclic) bond motifs is 1. The van der Waals surface area contributed by atoms with Crippen LogP contribution in [-0.2, 0) is 9.59 Å². The summed E-state index contributed by atoms with van der Waals surface area (Å²) in [5.74, 6) is 0.498. The molecule has 0 aliphatic carbocycles. The number of likely N-dealkylation sites (N-methyl/N-ethyl adjacent to an activating group) is 1. The maximum Gasteiger partial charge on any atom is 0.267 e. The number of amides is 2. The topological polar surface area (TPSA) is 58.6 Å². The van der Waals surface area contributed by atoms with Gasteiger partial charge in [0.1, 0.15) is 5.75 Å². The fourth-order valence-corrected chi connectivity index (χ4v) is 2.10. The molecule has 0 bridgehead atoms. The zero-order chi connectivity index (χ0) is 14.0. The monoisotopic (exact) mass is 262 g/mol. The van der Waals surface area contributed by atoms with E-state index in [1.807, 2.05) is 25.1 Å². The van der Waals surface area contributed by atoms with Gasteiger partial charge in [-0.15, -0.1) is 0 Å². The second-order valence-corrected chi connectivity index (χ2v) is 4.69. The predicted molar refractivity (Wildman–Crippen MR) is 72.3 cm³/mol. The van der Waals surface area contributed by atoms with Crippen molar-refractivity contribution in [3.05, 3.63) is 23.8 Å². The molecule has 1 aromatic rings. The largest absolute Gasteiger partial charge is 0.478 e. The van der Waals surface area contributed by atoms with E-state index < -0.39 is 6.10 Å². The first-order chi connectivity index (χ1) is 9.02. The molecule has 2 rings (SSSR count). The predicted octanol–water partition coefficient (Wildman–Crippen LogP) is 1.25. The molecule has 1 aromatic carbocycles. The summed E-state index contributed by atoms with van der Waals surface area (Å²) in [6, 6.07) is 5.72. The third-order valence-electron chi connectivity index (χ3n) is 3.26. The molecule has 2 amide bonds. The van der Waals surface area contributed by atoms with Gasteiger partial charge in [-0.2, -0.15) is 0 Å². The minimum atomic E-state index is -0.586. The zero-order valence-electron chi connectivity index (χ0n) is 11.4. The Kier molecular flexibility index (Phi) is 3.74. The lowest BCUT2D eigenvalue weighted by Crippen LogP contribution is -2.44. The van der Waals surface area contributed by atoms with Gasteiger partial charge in [0.2, 0.25) is 5.91 Å². The van der Waals surface area contributed by atoms with E-state index >= 15 is 0 Å². The fourth-order valence-electron chi connectivity index (χ4n) is 2.10. The van der Waals surface area contributed by atoms with Gasteiger partial charge in [-0.05, 0) is 24.6 Å². The molecule has 0 fully saturated rings. The van der Waals surface area contributed by atoms with Gasteiger partial charge in [0.15, 0.2) is 6.10 Å². The van der Waals surface area contributed by atoms with Crippen molar-refractivity contribution in [3.8, 4) is 5.75 Å². The highest BCUT2D eigenvalue weighted by Crippen LogP contribution is 2.34. The number of anilines is 1. The molecule has 5 nitrogen and oxygen atoms in total. The molecule has 1 atom stereocenters. The van der Waals surface area contributed by atoms with E-state index in [2.05, 4.69) is 5.32 Å². The normalized spacial score (nSPS) is 17.7. The van der Waals surface area contributed by atoms with Crippen LogP contribution in [0, 0.1) is 6.92 Å². The summed E-state index contributed by atoms with van der Waals surface area (Å²) >= 11 is 0. The number of ether oxygens (including phenoxy) is 1. The Bertz CT molecular complexity index is 513. The van der Waals surface area contributed by atoms with Crippen LogP contribution in [0.5, 0.6) is 5.75 Å². The van der Waals surface area contributed by atoms with Gasteiger partial charge < -0.3 is 15.0 Å². The first-order valence-corrected chi connectivity index (χ1v) is 6.28. The van der Waals surface area contributed by atoms with Crippen molar-refractivity contribution >= 4 is 17.5 Å². The van der Waals surface area contributed by atoms with Crippen molar-refractivity contribution in [2.75, 3.05) is 19.0 Å². The van der Waals surface area contributed by atoms with Crippen molar-refractivity contribution in [2.24, 2.45) is 0 Å². The number of hydrogen-bond donors (Lipinski definition) is 1. The van der Waals surface area contributed by atoms with Gasteiger partial charge in [0.25, 0.3) is 5.91 Å². The highest BCUT2D eigenvalue weighted by molar-refractivity contribution is 5.99. The van der Waals surface area contributed by atoms with Crippen molar-refractivity contribution in [1.82, 2.24) is 5.32 Å². The van der Waals surface area contributed by atoms with E-state index in [-0.39, 0.29) is 18.2 Å². The standard InChI is InChI=1S/C14H18N2O3/c1-9-4-5-10-12(8-9)19-11(14(18)16(10)3)6-7-13(17)15-2/h4-5,8,11H,6-7H2,1-3H3,(H,15,17). The average Bonchev–Trinajstić information content (AvgIpc) is 2.40. The lowest BCUT2D eigenvalue weighted by molar-refractivity contribution is -0.127. The molecular formula is C14H18N2O3. The number of hydrogen-bond acceptors (Lipinski definition) is 3. The molecule has 0 saturated heterocycles. The average molecular weight is 262 g/mol. The summed E-state index contributed by atoms with van der Waals surface area (Å²) in [7, 11) is 3.31. The Hall–Kier alpha value is -2.04. The van der Waals surface area contributed by atoms with E-state index in [9.17, 15) is 9.59 Å². The highest BCUT2D eigenvalue weighted by atomic mass is 16.5. The number of aryl methyl sites for hydroxylation is 1. The summed E-state index contributed by atoms with van der Waals surface area (Å²) in [5, 5.41) is 2.54. The number of benzene rings is 1. The first kappa shape index (κ1) is 13.4. The zero-order valence-corrected chi connectivity index (χ0v) is 11.4. The minimum Gasteiger partial charge on any atom is -0.478 e. The van der Waals surface area contributed by atoms with Crippen molar-refractivity contribution < 1.29 is 14.3 Å². The van der Waals surface area contributed by atoms with Crippen molar-refractivity contribution in [1.29, 1.82) is 0 Å². The van der Waals surface area contributed by atoms with E-state index in [1.165, 1.54) is 0 Å². The molecule has 102 valence electrons. The highest BCUT2D eigenvalue weighted by Gasteiger charge is 2.32. The molecule has 1 N–H and O–H groups in total. The number of rotatable bonds is 3. The molecule has 1 aliphatic rings. The second kappa shape index (κ2) is 5.30. The third-order valence-corrected chi connectivity index (χ3v) is 3.26. The Balaban J connectivity index is 2.17. The third kappa shape index (κ3) is 2.70. The molecule has 19 heavy (non-hydrogen) atoms. The number of carbonyl (C=O) groups is 2. The van der Waals surface area contributed by atoms with E-state index in [0.717, 1.165) is 11.3 Å². The maximum absolute atomic E-state index is 12.1.